The molecule has 7 nitrogen and oxygen atoms in total. The van der Waals surface area contributed by atoms with Gasteiger partial charge in [-0.15, -0.1) is 0 Å². The Morgan fingerprint density at radius 1 is 1.39 bits per heavy atom. The molecule has 0 unspecified atom stereocenters. The summed E-state index contributed by atoms with van der Waals surface area (Å²) in [5.74, 6) is 1.14. The highest BCUT2D eigenvalue weighted by molar-refractivity contribution is 7.16. The predicted octanol–water partition coefficient (Wildman–Crippen LogP) is 1.93. The maximum Gasteiger partial charge on any atom is 0.297 e. The van der Waals surface area contributed by atoms with E-state index in [-0.39, 0.29) is 12.7 Å². The molecule has 1 aliphatic heterocycles. The Bertz CT molecular complexity index is 982. The minimum atomic E-state index is -0.299. The monoisotopic (exact) mass is 330 g/mol. The van der Waals surface area contributed by atoms with Gasteiger partial charge in [0.25, 0.3) is 5.91 Å². The first-order chi connectivity index (χ1) is 11.2. The van der Waals surface area contributed by atoms with Gasteiger partial charge >= 0.3 is 0 Å². The van der Waals surface area contributed by atoms with E-state index in [9.17, 15) is 4.79 Å². The van der Waals surface area contributed by atoms with Gasteiger partial charge in [0.2, 0.25) is 6.79 Å². The van der Waals surface area contributed by atoms with Crippen LogP contribution in [0, 0.1) is 0 Å². The molecule has 3 heterocycles. The Kier molecular flexibility index (Phi) is 3.19. The third-order valence-corrected chi connectivity index (χ3v) is 4.83. The first kappa shape index (κ1) is 14.0. The van der Waals surface area contributed by atoms with Gasteiger partial charge in [0.1, 0.15) is 5.69 Å². The summed E-state index contributed by atoms with van der Waals surface area (Å²) in [5.41, 5.74) is 1.44. The second kappa shape index (κ2) is 5.24. The van der Waals surface area contributed by atoms with E-state index in [2.05, 4.69) is 10.1 Å². The number of aryl methyl sites for hydroxylation is 2. The second-order valence-corrected chi connectivity index (χ2v) is 6.08. The third-order valence-electron chi connectivity index (χ3n) is 3.74. The van der Waals surface area contributed by atoms with Crippen LogP contribution in [0.4, 0.5) is 0 Å². The van der Waals surface area contributed by atoms with E-state index in [1.807, 2.05) is 30.7 Å². The number of fused-ring (bicyclic) bond motifs is 2. The SMILES string of the molecule is CCn1nccc1C(=O)N=c1sc2cc3c(cc2n1C)OCO3. The zero-order chi connectivity index (χ0) is 16.0. The minimum absolute atomic E-state index is 0.243. The normalized spacial score (nSPS) is 13.9. The minimum Gasteiger partial charge on any atom is -0.454 e. The van der Waals surface area contributed by atoms with Crippen LogP contribution < -0.4 is 14.3 Å². The summed E-state index contributed by atoms with van der Waals surface area (Å²) in [6.45, 7) is 2.81. The van der Waals surface area contributed by atoms with E-state index in [1.54, 1.807) is 16.9 Å². The molecule has 0 spiro atoms. The van der Waals surface area contributed by atoms with Crippen molar-refractivity contribution in [3.8, 4) is 11.5 Å². The highest BCUT2D eigenvalue weighted by Gasteiger charge is 2.17. The number of carbonyl (C=O) groups is 1. The van der Waals surface area contributed by atoms with Gasteiger partial charge in [-0.3, -0.25) is 9.48 Å². The molecule has 0 saturated carbocycles. The summed E-state index contributed by atoms with van der Waals surface area (Å²) in [4.78, 5) is 17.3. The van der Waals surface area contributed by atoms with Gasteiger partial charge < -0.3 is 14.0 Å². The lowest BCUT2D eigenvalue weighted by molar-refractivity contribution is 0.0988. The molecule has 0 N–H and O–H groups in total. The van der Waals surface area contributed by atoms with E-state index >= 15 is 0 Å². The van der Waals surface area contributed by atoms with Gasteiger partial charge in [-0.2, -0.15) is 10.1 Å². The zero-order valence-electron chi connectivity index (χ0n) is 12.6. The smallest absolute Gasteiger partial charge is 0.297 e. The maximum atomic E-state index is 12.4. The lowest BCUT2D eigenvalue weighted by atomic mass is 10.3. The Morgan fingerprint density at radius 3 is 2.96 bits per heavy atom. The van der Waals surface area contributed by atoms with Crippen molar-refractivity contribution < 1.29 is 14.3 Å². The average Bonchev–Trinajstić information content (AvgIpc) is 3.25. The van der Waals surface area contributed by atoms with Crippen molar-refractivity contribution in [3.63, 3.8) is 0 Å². The van der Waals surface area contributed by atoms with E-state index in [4.69, 9.17) is 9.47 Å². The van der Waals surface area contributed by atoms with Gasteiger partial charge in [0.05, 0.1) is 10.2 Å². The highest BCUT2D eigenvalue weighted by Crippen LogP contribution is 2.36. The Labute approximate surface area is 135 Å². The van der Waals surface area contributed by atoms with Crippen molar-refractivity contribution in [3.05, 3.63) is 34.9 Å². The number of hydrogen-bond donors (Lipinski definition) is 0. The van der Waals surface area contributed by atoms with Crippen molar-refractivity contribution in [1.82, 2.24) is 14.3 Å². The molecule has 2 aromatic heterocycles. The van der Waals surface area contributed by atoms with E-state index in [1.165, 1.54) is 11.3 Å². The molecule has 23 heavy (non-hydrogen) atoms. The van der Waals surface area contributed by atoms with Crippen LogP contribution in [-0.2, 0) is 13.6 Å². The quantitative estimate of drug-likeness (QED) is 0.720. The van der Waals surface area contributed by atoms with E-state index in [0.29, 0.717) is 22.8 Å². The fraction of sp³-hybridized carbons (Fsp3) is 0.267. The molecule has 0 saturated heterocycles. The number of nitrogens with zero attached hydrogens (tertiary/aromatic N) is 4. The lowest BCUT2D eigenvalue weighted by Crippen LogP contribution is -2.15. The van der Waals surface area contributed by atoms with Crippen molar-refractivity contribution in [2.24, 2.45) is 12.0 Å². The largest absolute Gasteiger partial charge is 0.454 e. The standard InChI is InChI=1S/C15H14N4O3S/c1-3-19-9(4-5-16-19)14(20)17-15-18(2)10-6-11-12(22-8-21-11)7-13(10)23-15/h4-7H,3,8H2,1-2H3. The number of thiazole rings is 1. The highest BCUT2D eigenvalue weighted by atomic mass is 32.1. The van der Waals surface area contributed by atoms with Crippen LogP contribution in [0.1, 0.15) is 17.4 Å². The molecule has 0 fully saturated rings. The van der Waals surface area contributed by atoms with Crippen molar-refractivity contribution in [1.29, 1.82) is 0 Å². The molecule has 8 heteroatoms. The second-order valence-electron chi connectivity index (χ2n) is 5.07. The molecule has 0 aliphatic carbocycles. The molecule has 4 rings (SSSR count). The summed E-state index contributed by atoms with van der Waals surface area (Å²) in [6.07, 6.45) is 1.61. The molecule has 1 aliphatic rings. The van der Waals surface area contributed by atoms with Gasteiger partial charge in [0.15, 0.2) is 16.3 Å². The van der Waals surface area contributed by atoms with E-state index < -0.39 is 0 Å². The first-order valence-electron chi connectivity index (χ1n) is 7.17. The van der Waals surface area contributed by atoms with Crippen molar-refractivity contribution in [2.45, 2.75) is 13.5 Å². The Hall–Kier alpha value is -2.61. The number of carbonyl (C=O) groups excluding carboxylic acids is 1. The first-order valence-corrected chi connectivity index (χ1v) is 7.99. The number of hydrogen-bond acceptors (Lipinski definition) is 5. The van der Waals surface area contributed by atoms with Crippen LogP contribution >= 0.6 is 11.3 Å². The predicted molar refractivity (Wildman–Crippen MR) is 84.7 cm³/mol. The molecular formula is C15H14N4O3S. The van der Waals surface area contributed by atoms with Gasteiger partial charge in [0, 0.05) is 31.9 Å². The van der Waals surface area contributed by atoms with Crippen LogP contribution in [-0.4, -0.2) is 27.0 Å². The number of aromatic nitrogens is 3. The van der Waals surface area contributed by atoms with Gasteiger partial charge in [-0.25, -0.2) is 0 Å². The van der Waals surface area contributed by atoms with Crippen molar-refractivity contribution >= 4 is 27.5 Å². The van der Waals surface area contributed by atoms with Crippen molar-refractivity contribution in [2.75, 3.05) is 6.79 Å². The third kappa shape index (κ3) is 2.22. The average molecular weight is 330 g/mol. The lowest BCUT2D eigenvalue weighted by Gasteiger charge is -2.00. The molecule has 1 aromatic carbocycles. The molecule has 0 atom stereocenters. The molecule has 1 amide bonds. The number of amides is 1. The van der Waals surface area contributed by atoms with Crippen LogP contribution in [0.2, 0.25) is 0 Å². The molecule has 3 aromatic rings. The number of rotatable bonds is 2. The number of benzene rings is 1. The fourth-order valence-electron chi connectivity index (χ4n) is 2.53. The van der Waals surface area contributed by atoms with Crippen LogP contribution in [0.15, 0.2) is 29.4 Å². The Morgan fingerprint density at radius 2 is 2.17 bits per heavy atom. The molecular weight excluding hydrogens is 316 g/mol. The maximum absolute atomic E-state index is 12.4. The van der Waals surface area contributed by atoms with Gasteiger partial charge in [-0.05, 0) is 13.0 Å². The van der Waals surface area contributed by atoms with Gasteiger partial charge in [-0.1, -0.05) is 11.3 Å². The summed E-state index contributed by atoms with van der Waals surface area (Å²) in [7, 11) is 1.88. The van der Waals surface area contributed by atoms with Crippen LogP contribution in [0.5, 0.6) is 11.5 Å². The summed E-state index contributed by atoms with van der Waals surface area (Å²) in [6, 6.07) is 5.51. The van der Waals surface area contributed by atoms with E-state index in [0.717, 1.165) is 16.0 Å². The molecule has 0 bridgehead atoms. The van der Waals surface area contributed by atoms with Crippen LogP contribution in [0.25, 0.3) is 10.2 Å². The fourth-order valence-corrected chi connectivity index (χ4v) is 3.56. The zero-order valence-corrected chi connectivity index (χ0v) is 13.5. The summed E-state index contributed by atoms with van der Waals surface area (Å²) >= 11 is 1.44. The number of ether oxygens (including phenoxy) is 2. The molecule has 0 radical (unpaired) electrons. The Balaban J connectivity index is 1.82. The summed E-state index contributed by atoms with van der Waals surface area (Å²) in [5, 5.41) is 4.10. The summed E-state index contributed by atoms with van der Waals surface area (Å²) < 4.78 is 15.3. The van der Waals surface area contributed by atoms with Crippen LogP contribution in [0.3, 0.4) is 0 Å². The topological polar surface area (TPSA) is 70.6 Å². The molecule has 118 valence electrons.